The maximum Gasteiger partial charge on any atom is 0.259 e. The first-order valence-electron chi connectivity index (χ1n) is 11.4. The molecule has 0 saturated heterocycles. The number of anilines is 1. The lowest BCUT2D eigenvalue weighted by Gasteiger charge is -2.31. The van der Waals surface area contributed by atoms with Gasteiger partial charge in [0.1, 0.15) is 18.3 Å². The van der Waals surface area contributed by atoms with Gasteiger partial charge in [0, 0.05) is 23.5 Å². The number of carbonyl (C=O) groups is 3. The van der Waals surface area contributed by atoms with E-state index >= 15 is 0 Å². The van der Waals surface area contributed by atoms with Gasteiger partial charge in [0.15, 0.2) is 0 Å². The fourth-order valence-electron chi connectivity index (χ4n) is 4.28. The second-order valence-electron chi connectivity index (χ2n) is 8.78. The Morgan fingerprint density at radius 3 is 2.32 bits per heavy atom. The van der Waals surface area contributed by atoms with Crippen LogP contribution in [-0.2, 0) is 16.1 Å². The van der Waals surface area contributed by atoms with Crippen molar-refractivity contribution in [1.82, 2.24) is 10.2 Å². The van der Waals surface area contributed by atoms with Crippen molar-refractivity contribution in [2.75, 3.05) is 18.6 Å². The summed E-state index contributed by atoms with van der Waals surface area (Å²) in [5.41, 5.74) is 2.17. The molecule has 0 aromatic heterocycles. The van der Waals surface area contributed by atoms with E-state index in [9.17, 15) is 14.4 Å². The predicted molar refractivity (Wildman–Crippen MR) is 132 cm³/mol. The van der Waals surface area contributed by atoms with Gasteiger partial charge in [0.25, 0.3) is 5.91 Å². The summed E-state index contributed by atoms with van der Waals surface area (Å²) in [6.45, 7) is 5.54. The Hall–Kier alpha value is -3.87. The van der Waals surface area contributed by atoms with Gasteiger partial charge in [-0.1, -0.05) is 36.4 Å². The van der Waals surface area contributed by atoms with E-state index in [1.54, 1.807) is 20.1 Å². The van der Waals surface area contributed by atoms with Crippen LogP contribution < -0.4 is 15.0 Å². The highest BCUT2D eigenvalue weighted by atomic mass is 16.5. The van der Waals surface area contributed by atoms with Crippen molar-refractivity contribution in [3.8, 4) is 5.75 Å². The van der Waals surface area contributed by atoms with Crippen LogP contribution >= 0.6 is 0 Å². The van der Waals surface area contributed by atoms with Crippen molar-refractivity contribution in [2.24, 2.45) is 0 Å². The molecule has 0 radical (unpaired) electrons. The van der Waals surface area contributed by atoms with Crippen LogP contribution in [0.1, 0.15) is 36.7 Å². The SMILES string of the molecule is COc1ccc(CN(C(=O)CN2C(=O)c3cccc4cccc2c34)C(C)C(=O)NC(C)C)cc1. The van der Waals surface area contributed by atoms with Crippen molar-refractivity contribution in [3.05, 3.63) is 71.8 Å². The third-order valence-corrected chi connectivity index (χ3v) is 6.05. The maximum absolute atomic E-state index is 13.6. The number of hydrogen-bond donors (Lipinski definition) is 1. The predicted octanol–water partition coefficient (Wildman–Crippen LogP) is 3.75. The van der Waals surface area contributed by atoms with Gasteiger partial charge < -0.3 is 15.0 Å². The van der Waals surface area contributed by atoms with Gasteiger partial charge in [-0.2, -0.15) is 0 Å². The minimum absolute atomic E-state index is 0.0554. The molecule has 3 aromatic rings. The van der Waals surface area contributed by atoms with Crippen LogP contribution in [0, 0.1) is 0 Å². The minimum Gasteiger partial charge on any atom is -0.497 e. The lowest BCUT2D eigenvalue weighted by atomic mass is 10.1. The molecule has 0 saturated carbocycles. The molecule has 3 amide bonds. The van der Waals surface area contributed by atoms with Gasteiger partial charge >= 0.3 is 0 Å². The van der Waals surface area contributed by atoms with Crippen molar-refractivity contribution < 1.29 is 19.1 Å². The molecule has 1 N–H and O–H groups in total. The Morgan fingerprint density at radius 2 is 1.68 bits per heavy atom. The molecule has 1 unspecified atom stereocenters. The van der Waals surface area contributed by atoms with Crippen molar-refractivity contribution in [3.63, 3.8) is 0 Å². The van der Waals surface area contributed by atoms with Crippen LogP contribution in [0.25, 0.3) is 10.8 Å². The third-order valence-electron chi connectivity index (χ3n) is 6.05. The van der Waals surface area contributed by atoms with Crippen LogP contribution in [0.5, 0.6) is 5.75 Å². The Balaban J connectivity index is 1.62. The van der Waals surface area contributed by atoms with Gasteiger partial charge in [-0.15, -0.1) is 0 Å². The first-order valence-corrected chi connectivity index (χ1v) is 11.4. The molecule has 3 aromatic carbocycles. The fourth-order valence-corrected chi connectivity index (χ4v) is 4.28. The van der Waals surface area contributed by atoms with Gasteiger partial charge in [0.05, 0.1) is 12.8 Å². The van der Waals surface area contributed by atoms with Crippen molar-refractivity contribution in [1.29, 1.82) is 0 Å². The maximum atomic E-state index is 13.6. The summed E-state index contributed by atoms with van der Waals surface area (Å²) in [5, 5.41) is 4.69. The highest BCUT2D eigenvalue weighted by Crippen LogP contribution is 2.37. The minimum atomic E-state index is -0.715. The Bertz CT molecular complexity index is 1230. The zero-order valence-corrected chi connectivity index (χ0v) is 19.9. The smallest absolute Gasteiger partial charge is 0.259 e. The molecule has 1 aliphatic heterocycles. The van der Waals surface area contributed by atoms with Crippen LogP contribution in [0.3, 0.4) is 0 Å². The van der Waals surface area contributed by atoms with Crippen LogP contribution in [-0.4, -0.2) is 48.4 Å². The molecule has 0 bridgehead atoms. The lowest BCUT2D eigenvalue weighted by Crippen LogP contribution is -2.51. The molecule has 4 rings (SSSR count). The number of ether oxygens (including phenoxy) is 1. The van der Waals surface area contributed by atoms with E-state index in [1.165, 1.54) is 9.80 Å². The van der Waals surface area contributed by atoms with E-state index < -0.39 is 6.04 Å². The number of benzene rings is 3. The Morgan fingerprint density at radius 1 is 1.00 bits per heavy atom. The van der Waals surface area contributed by atoms with Gasteiger partial charge in [-0.3, -0.25) is 19.3 Å². The molecule has 0 aliphatic carbocycles. The largest absolute Gasteiger partial charge is 0.497 e. The summed E-state index contributed by atoms with van der Waals surface area (Å²) in [6.07, 6.45) is 0. The lowest BCUT2D eigenvalue weighted by molar-refractivity contribution is -0.139. The van der Waals surface area contributed by atoms with Crippen LogP contribution in [0.4, 0.5) is 5.69 Å². The number of amides is 3. The first-order chi connectivity index (χ1) is 16.3. The summed E-state index contributed by atoms with van der Waals surface area (Å²) in [6, 6.07) is 17.9. The van der Waals surface area contributed by atoms with Gasteiger partial charge in [-0.05, 0) is 56.0 Å². The number of rotatable bonds is 8. The van der Waals surface area contributed by atoms with E-state index in [4.69, 9.17) is 4.74 Å². The van der Waals surface area contributed by atoms with Gasteiger partial charge in [0.2, 0.25) is 11.8 Å². The normalized spacial score (nSPS) is 13.3. The molecule has 34 heavy (non-hydrogen) atoms. The topological polar surface area (TPSA) is 79.0 Å². The number of methoxy groups -OCH3 is 1. The first kappa shape index (κ1) is 23.3. The molecule has 1 heterocycles. The molecule has 1 atom stereocenters. The number of nitrogens with zero attached hydrogens (tertiary/aromatic N) is 2. The quantitative estimate of drug-likeness (QED) is 0.557. The third kappa shape index (κ3) is 4.46. The van der Waals surface area contributed by atoms with E-state index in [0.717, 1.165) is 22.0 Å². The molecule has 0 spiro atoms. The summed E-state index contributed by atoms with van der Waals surface area (Å²) >= 11 is 0. The highest BCUT2D eigenvalue weighted by molar-refractivity contribution is 6.26. The Kier molecular flexibility index (Phi) is 6.54. The average molecular weight is 460 g/mol. The summed E-state index contributed by atoms with van der Waals surface area (Å²) in [4.78, 5) is 42.6. The molecule has 7 heteroatoms. The summed E-state index contributed by atoms with van der Waals surface area (Å²) < 4.78 is 5.22. The second-order valence-corrected chi connectivity index (χ2v) is 8.78. The van der Waals surface area contributed by atoms with E-state index in [-0.39, 0.29) is 36.9 Å². The van der Waals surface area contributed by atoms with Gasteiger partial charge in [-0.25, -0.2) is 0 Å². The zero-order chi connectivity index (χ0) is 24.4. The van der Waals surface area contributed by atoms with E-state index in [2.05, 4.69) is 5.32 Å². The second kappa shape index (κ2) is 9.55. The van der Waals surface area contributed by atoms with E-state index in [0.29, 0.717) is 11.3 Å². The average Bonchev–Trinajstić information content (AvgIpc) is 3.10. The van der Waals surface area contributed by atoms with E-state index in [1.807, 2.05) is 68.4 Å². The molecule has 7 nitrogen and oxygen atoms in total. The van der Waals surface area contributed by atoms with Crippen LogP contribution in [0.15, 0.2) is 60.7 Å². The van der Waals surface area contributed by atoms with Crippen LogP contribution in [0.2, 0.25) is 0 Å². The molecule has 1 aliphatic rings. The Labute approximate surface area is 199 Å². The number of nitrogens with one attached hydrogen (secondary N) is 1. The summed E-state index contributed by atoms with van der Waals surface area (Å²) in [5.74, 6) is -0.0417. The fraction of sp³-hybridized carbons (Fsp3) is 0.296. The molecular weight excluding hydrogens is 430 g/mol. The number of hydrogen-bond acceptors (Lipinski definition) is 4. The monoisotopic (exact) mass is 459 g/mol. The van der Waals surface area contributed by atoms with Crippen molar-refractivity contribution in [2.45, 2.75) is 39.4 Å². The zero-order valence-electron chi connectivity index (χ0n) is 19.9. The molecular formula is C27H29N3O4. The standard InChI is InChI=1S/C27H29N3O4/c1-17(2)28-26(32)18(3)29(15-19-11-13-21(34-4)14-12-19)24(31)16-30-23-10-6-8-20-7-5-9-22(25(20)23)27(30)33/h5-14,17-18H,15-16H2,1-4H3,(H,28,32). The highest BCUT2D eigenvalue weighted by Gasteiger charge is 2.34. The van der Waals surface area contributed by atoms with Crippen molar-refractivity contribution >= 4 is 34.2 Å². The molecule has 0 fully saturated rings. The number of carbonyl (C=O) groups excluding carboxylic acids is 3. The summed E-state index contributed by atoms with van der Waals surface area (Å²) in [7, 11) is 1.59. The molecule has 176 valence electrons.